The molecule has 0 bridgehead atoms. The normalized spacial score (nSPS) is 10.8. The maximum atomic E-state index is 12.0. The van der Waals surface area contributed by atoms with Crippen molar-refractivity contribution in [2.24, 2.45) is 0 Å². The molecular weight excluding hydrogens is 298 g/mol. The van der Waals surface area contributed by atoms with E-state index in [2.05, 4.69) is 9.71 Å². The van der Waals surface area contributed by atoms with Crippen LogP contribution < -0.4 is 4.72 Å². The van der Waals surface area contributed by atoms with Crippen molar-refractivity contribution in [3.8, 4) is 6.07 Å². The number of benzene rings is 1. The highest BCUT2D eigenvalue weighted by Gasteiger charge is 2.15. The molecule has 20 heavy (non-hydrogen) atoms. The Morgan fingerprint density at radius 3 is 2.75 bits per heavy atom. The summed E-state index contributed by atoms with van der Waals surface area (Å²) in [7, 11) is -3.66. The second-order valence-electron chi connectivity index (χ2n) is 3.99. The minimum absolute atomic E-state index is 0.145. The lowest BCUT2D eigenvalue weighted by Crippen LogP contribution is -2.16. The summed E-state index contributed by atoms with van der Waals surface area (Å²) in [4.78, 5) is 3.87. The summed E-state index contributed by atoms with van der Waals surface area (Å²) < 4.78 is 26.4. The molecule has 0 aliphatic carbocycles. The van der Waals surface area contributed by atoms with Crippen LogP contribution in [0, 0.1) is 11.3 Å². The van der Waals surface area contributed by atoms with Crippen LogP contribution >= 0.6 is 11.6 Å². The zero-order valence-electron chi connectivity index (χ0n) is 10.2. The van der Waals surface area contributed by atoms with Crippen LogP contribution in [0.5, 0.6) is 0 Å². The molecule has 0 radical (unpaired) electrons. The van der Waals surface area contributed by atoms with Crippen molar-refractivity contribution in [3.63, 3.8) is 0 Å². The van der Waals surface area contributed by atoms with Gasteiger partial charge in [0, 0.05) is 17.3 Å². The monoisotopic (exact) mass is 307 g/mol. The van der Waals surface area contributed by atoms with Crippen LogP contribution in [0.15, 0.2) is 42.6 Å². The summed E-state index contributed by atoms with van der Waals surface area (Å²) in [5.41, 5.74) is 0.765. The molecule has 1 N–H and O–H groups in total. The first-order valence-electron chi connectivity index (χ1n) is 5.60. The van der Waals surface area contributed by atoms with E-state index in [-0.39, 0.29) is 11.6 Å². The van der Waals surface area contributed by atoms with Gasteiger partial charge >= 0.3 is 0 Å². The van der Waals surface area contributed by atoms with Gasteiger partial charge in [-0.1, -0.05) is 29.8 Å². The second-order valence-corrected chi connectivity index (χ2v) is 6.15. The molecule has 0 fully saturated rings. The standard InChI is InChI=1S/C13H10ClN3O2S/c14-12-5-6-16-13(7-12)17-20(18,19)9-11-4-2-1-3-10(11)8-15/h1-7H,9H2,(H,16,17). The molecule has 2 rings (SSSR count). The van der Waals surface area contributed by atoms with Gasteiger partial charge < -0.3 is 0 Å². The number of nitrogens with one attached hydrogen (secondary N) is 1. The lowest BCUT2D eigenvalue weighted by Gasteiger charge is -2.08. The zero-order chi connectivity index (χ0) is 14.6. The summed E-state index contributed by atoms with van der Waals surface area (Å²) >= 11 is 5.76. The van der Waals surface area contributed by atoms with Crippen molar-refractivity contribution < 1.29 is 8.42 Å². The third-order valence-electron chi connectivity index (χ3n) is 2.47. The molecule has 0 amide bonds. The molecule has 7 heteroatoms. The van der Waals surface area contributed by atoms with E-state index in [0.717, 1.165) is 0 Å². The fourth-order valence-electron chi connectivity index (χ4n) is 1.62. The number of sulfonamides is 1. The minimum atomic E-state index is -3.66. The molecule has 102 valence electrons. The smallest absolute Gasteiger partial charge is 0.238 e. The van der Waals surface area contributed by atoms with Crippen molar-refractivity contribution in [3.05, 3.63) is 58.7 Å². The molecular formula is C13H10ClN3O2S. The number of rotatable bonds is 4. The number of nitrogens with zero attached hydrogens (tertiary/aromatic N) is 2. The maximum Gasteiger partial charge on any atom is 0.238 e. The zero-order valence-corrected chi connectivity index (χ0v) is 11.8. The Morgan fingerprint density at radius 2 is 2.05 bits per heavy atom. The lowest BCUT2D eigenvalue weighted by molar-refractivity contribution is 0.600. The number of nitriles is 1. The van der Waals surface area contributed by atoms with Crippen LogP contribution in [0.1, 0.15) is 11.1 Å². The Hall–Kier alpha value is -2.10. The molecule has 0 saturated heterocycles. The summed E-state index contributed by atoms with van der Waals surface area (Å²) in [6, 6.07) is 11.5. The Balaban J connectivity index is 2.22. The number of hydrogen-bond acceptors (Lipinski definition) is 4. The molecule has 0 unspecified atom stereocenters. The van der Waals surface area contributed by atoms with Gasteiger partial charge in [0.25, 0.3) is 0 Å². The van der Waals surface area contributed by atoms with E-state index in [1.807, 2.05) is 6.07 Å². The van der Waals surface area contributed by atoms with Crippen LogP contribution in [-0.4, -0.2) is 13.4 Å². The van der Waals surface area contributed by atoms with Gasteiger partial charge in [0.1, 0.15) is 5.82 Å². The molecule has 5 nitrogen and oxygen atoms in total. The molecule has 1 heterocycles. The van der Waals surface area contributed by atoms with E-state index in [4.69, 9.17) is 16.9 Å². The highest BCUT2D eigenvalue weighted by Crippen LogP contribution is 2.16. The topological polar surface area (TPSA) is 82.8 Å². The number of pyridine rings is 1. The average molecular weight is 308 g/mol. The molecule has 0 atom stereocenters. The molecule has 0 spiro atoms. The number of hydrogen-bond donors (Lipinski definition) is 1. The number of halogens is 1. The average Bonchev–Trinajstić information content (AvgIpc) is 2.38. The van der Waals surface area contributed by atoms with Gasteiger partial charge in [-0.3, -0.25) is 4.72 Å². The molecule has 1 aromatic heterocycles. The highest BCUT2D eigenvalue weighted by atomic mass is 35.5. The van der Waals surface area contributed by atoms with Gasteiger partial charge in [0.15, 0.2) is 0 Å². The predicted molar refractivity (Wildman–Crippen MR) is 76.7 cm³/mol. The first kappa shape index (κ1) is 14.3. The van der Waals surface area contributed by atoms with Crippen molar-refractivity contribution in [2.45, 2.75) is 5.75 Å². The lowest BCUT2D eigenvalue weighted by atomic mass is 10.1. The Labute approximate surface area is 121 Å². The molecule has 0 saturated carbocycles. The van der Waals surface area contributed by atoms with E-state index in [0.29, 0.717) is 16.1 Å². The summed E-state index contributed by atoms with van der Waals surface area (Å²) in [6.07, 6.45) is 1.41. The Kier molecular flexibility index (Phi) is 4.23. The fourth-order valence-corrected chi connectivity index (χ4v) is 2.94. The Morgan fingerprint density at radius 1 is 1.30 bits per heavy atom. The molecule has 0 aliphatic heterocycles. The van der Waals surface area contributed by atoms with Crippen molar-refractivity contribution >= 4 is 27.4 Å². The molecule has 2 aromatic rings. The van der Waals surface area contributed by atoms with E-state index in [9.17, 15) is 8.42 Å². The van der Waals surface area contributed by atoms with E-state index >= 15 is 0 Å². The van der Waals surface area contributed by atoms with Crippen molar-refractivity contribution in [2.75, 3.05) is 4.72 Å². The fraction of sp³-hybridized carbons (Fsp3) is 0.0769. The first-order chi connectivity index (χ1) is 9.50. The van der Waals surface area contributed by atoms with Crippen LogP contribution in [0.2, 0.25) is 5.02 Å². The first-order valence-corrected chi connectivity index (χ1v) is 7.63. The van der Waals surface area contributed by atoms with Gasteiger partial charge in [-0.15, -0.1) is 0 Å². The molecule has 1 aromatic carbocycles. The molecule has 0 aliphatic rings. The predicted octanol–water partition coefficient (Wildman–Crippen LogP) is 2.55. The third-order valence-corrected chi connectivity index (χ3v) is 3.91. The van der Waals surface area contributed by atoms with Crippen molar-refractivity contribution in [1.82, 2.24) is 4.98 Å². The minimum Gasteiger partial charge on any atom is -0.267 e. The quantitative estimate of drug-likeness (QED) is 0.941. The Bertz CT molecular complexity index is 769. The largest absolute Gasteiger partial charge is 0.267 e. The van der Waals surface area contributed by atoms with E-state index in [1.54, 1.807) is 30.3 Å². The number of aromatic nitrogens is 1. The van der Waals surface area contributed by atoms with Crippen LogP contribution in [-0.2, 0) is 15.8 Å². The van der Waals surface area contributed by atoms with Gasteiger partial charge in [0.2, 0.25) is 10.0 Å². The van der Waals surface area contributed by atoms with E-state index in [1.165, 1.54) is 12.3 Å². The van der Waals surface area contributed by atoms with E-state index < -0.39 is 10.0 Å². The van der Waals surface area contributed by atoms with Crippen molar-refractivity contribution in [1.29, 1.82) is 5.26 Å². The van der Waals surface area contributed by atoms with Gasteiger partial charge in [-0.2, -0.15) is 5.26 Å². The summed E-state index contributed by atoms with van der Waals surface area (Å²) in [5, 5.41) is 9.33. The van der Waals surface area contributed by atoms with Crippen LogP contribution in [0.3, 0.4) is 0 Å². The van der Waals surface area contributed by atoms with Gasteiger partial charge in [-0.05, 0) is 17.7 Å². The van der Waals surface area contributed by atoms with Crippen LogP contribution in [0.25, 0.3) is 0 Å². The SMILES string of the molecule is N#Cc1ccccc1CS(=O)(=O)Nc1cc(Cl)ccn1. The second kappa shape index (κ2) is 5.90. The van der Waals surface area contributed by atoms with Crippen LogP contribution in [0.4, 0.5) is 5.82 Å². The maximum absolute atomic E-state index is 12.0. The van der Waals surface area contributed by atoms with Gasteiger partial charge in [0.05, 0.1) is 17.4 Å². The number of anilines is 1. The third kappa shape index (κ3) is 3.70. The highest BCUT2D eigenvalue weighted by molar-refractivity contribution is 7.91. The summed E-state index contributed by atoms with van der Waals surface area (Å²) in [6.45, 7) is 0. The van der Waals surface area contributed by atoms with Gasteiger partial charge in [-0.25, -0.2) is 13.4 Å². The summed E-state index contributed by atoms with van der Waals surface area (Å²) in [5.74, 6) is -0.155.